The van der Waals surface area contributed by atoms with E-state index in [2.05, 4.69) is 4.72 Å². The zero-order valence-corrected chi connectivity index (χ0v) is 15.6. The molecule has 0 unspecified atom stereocenters. The largest absolute Gasteiger partial charge is 0.486 e. The fourth-order valence-electron chi connectivity index (χ4n) is 3.31. The first kappa shape index (κ1) is 17.4. The minimum Gasteiger partial charge on any atom is -0.486 e. The topological polar surface area (TPSA) is 64.6 Å². The molecule has 2 aromatic carbocycles. The molecule has 1 saturated carbocycles. The van der Waals surface area contributed by atoms with Crippen LogP contribution in [0.4, 0.5) is 0 Å². The summed E-state index contributed by atoms with van der Waals surface area (Å²) in [6.07, 6.45) is 2.81. The number of aryl methyl sites for hydroxylation is 1. The van der Waals surface area contributed by atoms with Crippen molar-refractivity contribution in [2.45, 2.75) is 36.5 Å². The van der Waals surface area contributed by atoms with Gasteiger partial charge in [0.25, 0.3) is 0 Å². The SMILES string of the molecule is CCc1ccc(S(=O)(=O)NCC2(c3ccc4c(c3)OCCO4)CC2)cc1. The summed E-state index contributed by atoms with van der Waals surface area (Å²) in [5.74, 6) is 1.51. The number of hydrogen-bond acceptors (Lipinski definition) is 4. The van der Waals surface area contributed by atoms with Gasteiger partial charge in [0.2, 0.25) is 10.0 Å². The Kier molecular flexibility index (Phi) is 4.40. The van der Waals surface area contributed by atoms with Crippen molar-refractivity contribution >= 4 is 10.0 Å². The number of rotatable bonds is 6. The first-order valence-electron chi connectivity index (χ1n) is 9.01. The highest BCUT2D eigenvalue weighted by Gasteiger charge is 2.45. The second kappa shape index (κ2) is 6.59. The Bertz CT molecular complexity index is 902. The van der Waals surface area contributed by atoms with E-state index >= 15 is 0 Å². The minimum atomic E-state index is -3.51. The first-order valence-corrected chi connectivity index (χ1v) is 10.5. The van der Waals surface area contributed by atoms with Crippen molar-refractivity contribution in [1.29, 1.82) is 0 Å². The molecule has 1 heterocycles. The summed E-state index contributed by atoms with van der Waals surface area (Å²) >= 11 is 0. The van der Waals surface area contributed by atoms with Gasteiger partial charge in [-0.25, -0.2) is 13.1 Å². The van der Waals surface area contributed by atoms with Crippen molar-refractivity contribution in [3.63, 3.8) is 0 Å². The van der Waals surface area contributed by atoms with Gasteiger partial charge < -0.3 is 9.47 Å². The summed E-state index contributed by atoms with van der Waals surface area (Å²) in [6, 6.07) is 13.0. The van der Waals surface area contributed by atoms with Crippen molar-refractivity contribution in [2.24, 2.45) is 0 Å². The van der Waals surface area contributed by atoms with E-state index in [1.165, 1.54) is 0 Å². The van der Waals surface area contributed by atoms with Gasteiger partial charge in [0, 0.05) is 12.0 Å². The van der Waals surface area contributed by atoms with Gasteiger partial charge in [-0.2, -0.15) is 0 Å². The van der Waals surface area contributed by atoms with Gasteiger partial charge in [-0.15, -0.1) is 0 Å². The Balaban J connectivity index is 1.49. The Hall–Kier alpha value is -2.05. The highest BCUT2D eigenvalue weighted by atomic mass is 32.2. The molecule has 1 aliphatic heterocycles. The lowest BCUT2D eigenvalue weighted by atomic mass is 9.96. The van der Waals surface area contributed by atoms with E-state index in [9.17, 15) is 8.42 Å². The Morgan fingerprint density at radius 2 is 1.69 bits per heavy atom. The standard InChI is InChI=1S/C20H23NO4S/c1-2-15-3-6-17(7-4-15)26(22,23)21-14-20(9-10-20)16-5-8-18-19(13-16)25-12-11-24-18/h3-8,13,21H,2,9-12,14H2,1H3. The molecule has 138 valence electrons. The maximum absolute atomic E-state index is 12.6. The predicted molar refractivity (Wildman–Crippen MR) is 99.4 cm³/mol. The summed E-state index contributed by atoms with van der Waals surface area (Å²) in [5, 5.41) is 0. The molecule has 6 heteroatoms. The van der Waals surface area contributed by atoms with Crippen molar-refractivity contribution in [1.82, 2.24) is 4.72 Å². The van der Waals surface area contributed by atoms with Gasteiger partial charge in [0.15, 0.2) is 11.5 Å². The summed E-state index contributed by atoms with van der Waals surface area (Å²) < 4.78 is 39.2. The van der Waals surface area contributed by atoms with Gasteiger partial charge in [0.05, 0.1) is 4.90 Å². The third kappa shape index (κ3) is 3.31. The fraction of sp³-hybridized carbons (Fsp3) is 0.400. The van der Waals surface area contributed by atoms with E-state index in [1.807, 2.05) is 37.3 Å². The zero-order chi connectivity index (χ0) is 18.2. The van der Waals surface area contributed by atoms with E-state index in [-0.39, 0.29) is 5.41 Å². The molecule has 0 saturated heterocycles. The molecule has 0 bridgehead atoms. The lowest BCUT2D eigenvalue weighted by Gasteiger charge is -2.22. The third-order valence-corrected chi connectivity index (χ3v) is 6.67. The Labute approximate surface area is 154 Å². The molecule has 0 radical (unpaired) electrons. The number of sulfonamides is 1. The summed E-state index contributed by atoms with van der Waals surface area (Å²) in [4.78, 5) is 0.313. The molecule has 1 aliphatic carbocycles. The van der Waals surface area contributed by atoms with E-state index < -0.39 is 10.0 Å². The molecular weight excluding hydrogens is 350 g/mol. The van der Waals surface area contributed by atoms with Crippen molar-refractivity contribution in [2.75, 3.05) is 19.8 Å². The van der Waals surface area contributed by atoms with E-state index in [0.717, 1.165) is 41.9 Å². The van der Waals surface area contributed by atoms with Crippen molar-refractivity contribution in [3.05, 3.63) is 53.6 Å². The van der Waals surface area contributed by atoms with Crippen LogP contribution in [0.1, 0.15) is 30.9 Å². The quantitative estimate of drug-likeness (QED) is 0.845. The van der Waals surface area contributed by atoms with Crippen LogP contribution < -0.4 is 14.2 Å². The maximum Gasteiger partial charge on any atom is 0.240 e. The molecule has 0 atom stereocenters. The van der Waals surface area contributed by atoms with E-state index in [1.54, 1.807) is 12.1 Å². The smallest absolute Gasteiger partial charge is 0.240 e. The maximum atomic E-state index is 12.6. The molecule has 0 spiro atoms. The van der Waals surface area contributed by atoms with E-state index in [0.29, 0.717) is 24.7 Å². The van der Waals surface area contributed by atoms with Crippen LogP contribution in [0.25, 0.3) is 0 Å². The lowest BCUT2D eigenvalue weighted by molar-refractivity contribution is 0.171. The monoisotopic (exact) mass is 373 g/mol. The van der Waals surface area contributed by atoms with Crippen LogP contribution in [-0.2, 0) is 21.9 Å². The second-order valence-corrected chi connectivity index (χ2v) is 8.73. The number of hydrogen-bond donors (Lipinski definition) is 1. The lowest BCUT2D eigenvalue weighted by Crippen LogP contribution is -2.32. The molecule has 2 aromatic rings. The minimum absolute atomic E-state index is 0.147. The van der Waals surface area contributed by atoms with Crippen LogP contribution in [0, 0.1) is 0 Å². The highest BCUT2D eigenvalue weighted by molar-refractivity contribution is 7.89. The summed E-state index contributed by atoms with van der Waals surface area (Å²) in [5.41, 5.74) is 2.08. The second-order valence-electron chi connectivity index (χ2n) is 6.96. The fourth-order valence-corrected chi connectivity index (χ4v) is 4.44. The molecule has 1 fully saturated rings. The van der Waals surface area contributed by atoms with Gasteiger partial charge in [-0.05, 0) is 54.7 Å². The predicted octanol–water partition coefficient (Wildman–Crippen LogP) is 3.03. The number of ether oxygens (including phenoxy) is 2. The average Bonchev–Trinajstić information content (AvgIpc) is 3.47. The molecule has 0 aromatic heterocycles. The third-order valence-electron chi connectivity index (χ3n) is 5.25. The number of nitrogens with one attached hydrogen (secondary N) is 1. The van der Waals surface area contributed by atoms with E-state index in [4.69, 9.17) is 9.47 Å². The van der Waals surface area contributed by atoms with Crippen molar-refractivity contribution < 1.29 is 17.9 Å². The molecule has 26 heavy (non-hydrogen) atoms. The molecule has 5 nitrogen and oxygen atoms in total. The number of benzene rings is 2. The molecule has 4 rings (SSSR count). The summed E-state index contributed by atoms with van der Waals surface area (Å²) in [7, 11) is -3.51. The van der Waals surface area contributed by atoms with Crippen LogP contribution in [0.15, 0.2) is 47.4 Å². The first-order chi connectivity index (χ1) is 12.5. The van der Waals surface area contributed by atoms with Crippen LogP contribution in [-0.4, -0.2) is 28.2 Å². The molecule has 1 N–H and O–H groups in total. The highest BCUT2D eigenvalue weighted by Crippen LogP contribution is 2.49. The van der Waals surface area contributed by atoms with Gasteiger partial charge in [0.1, 0.15) is 13.2 Å². The van der Waals surface area contributed by atoms with Crippen molar-refractivity contribution in [3.8, 4) is 11.5 Å². The Morgan fingerprint density at radius 3 is 2.35 bits per heavy atom. The molecular formula is C20H23NO4S. The zero-order valence-electron chi connectivity index (χ0n) is 14.8. The number of fused-ring (bicyclic) bond motifs is 1. The van der Waals surface area contributed by atoms with Crippen LogP contribution in [0.3, 0.4) is 0 Å². The van der Waals surface area contributed by atoms with Gasteiger partial charge >= 0.3 is 0 Å². The molecule has 0 amide bonds. The molecule has 2 aliphatic rings. The summed E-state index contributed by atoms with van der Waals surface area (Å²) in [6.45, 7) is 3.55. The average molecular weight is 373 g/mol. The van der Waals surface area contributed by atoms with Gasteiger partial charge in [-0.3, -0.25) is 0 Å². The normalized spacial score (nSPS) is 17.7. The Morgan fingerprint density at radius 1 is 1.00 bits per heavy atom. The van der Waals surface area contributed by atoms with Gasteiger partial charge in [-0.1, -0.05) is 25.1 Å². The van der Waals surface area contributed by atoms with Crippen LogP contribution in [0.5, 0.6) is 11.5 Å². The van der Waals surface area contributed by atoms with Crippen LogP contribution >= 0.6 is 0 Å². The van der Waals surface area contributed by atoms with Crippen LogP contribution in [0.2, 0.25) is 0 Å².